The first kappa shape index (κ1) is 13.2. The van der Waals surface area contributed by atoms with Gasteiger partial charge in [0.1, 0.15) is 0 Å². The maximum absolute atomic E-state index is 13.5. The number of ketones is 1. The highest BCUT2D eigenvalue weighted by molar-refractivity contribution is 9.10. The number of benzene rings is 2. The standard InChI is InChI=1S/C13H6BrClF2O/c14-9-5-4-7(6-10(9)15)13(18)8-2-1-3-11(16)12(8)17/h1-6H. The molecule has 2 aromatic rings. The molecule has 2 rings (SSSR count). The van der Waals surface area contributed by atoms with E-state index in [1.165, 1.54) is 24.3 Å². The third-order valence-corrected chi connectivity index (χ3v) is 3.61. The Labute approximate surface area is 116 Å². The molecule has 0 atom stereocenters. The van der Waals surface area contributed by atoms with Crippen LogP contribution in [0.2, 0.25) is 5.02 Å². The first-order chi connectivity index (χ1) is 8.50. The molecule has 0 spiro atoms. The second-order valence-electron chi connectivity index (χ2n) is 3.56. The molecule has 0 aliphatic heterocycles. The van der Waals surface area contributed by atoms with Gasteiger partial charge in [-0.05, 0) is 46.3 Å². The smallest absolute Gasteiger partial charge is 0.196 e. The number of hydrogen-bond acceptors (Lipinski definition) is 1. The fourth-order valence-electron chi connectivity index (χ4n) is 1.47. The Bertz CT molecular complexity index is 628. The molecule has 5 heteroatoms. The van der Waals surface area contributed by atoms with Gasteiger partial charge in [0.05, 0.1) is 10.6 Å². The van der Waals surface area contributed by atoms with Gasteiger partial charge in [-0.2, -0.15) is 0 Å². The van der Waals surface area contributed by atoms with Crippen molar-refractivity contribution >= 4 is 33.3 Å². The molecular formula is C13H6BrClF2O. The van der Waals surface area contributed by atoms with Gasteiger partial charge >= 0.3 is 0 Å². The first-order valence-electron chi connectivity index (χ1n) is 4.94. The molecule has 2 aromatic carbocycles. The predicted octanol–water partition coefficient (Wildman–Crippen LogP) is 4.61. The van der Waals surface area contributed by atoms with E-state index < -0.39 is 17.4 Å². The maximum Gasteiger partial charge on any atom is 0.196 e. The van der Waals surface area contributed by atoms with Crippen molar-refractivity contribution in [2.24, 2.45) is 0 Å². The quantitative estimate of drug-likeness (QED) is 0.734. The minimum absolute atomic E-state index is 0.202. The van der Waals surface area contributed by atoms with E-state index >= 15 is 0 Å². The molecule has 0 saturated carbocycles. The van der Waals surface area contributed by atoms with Gasteiger partial charge in [-0.15, -0.1) is 0 Å². The molecule has 0 aliphatic rings. The summed E-state index contributed by atoms with van der Waals surface area (Å²) in [6.45, 7) is 0. The highest BCUT2D eigenvalue weighted by Crippen LogP contribution is 2.25. The van der Waals surface area contributed by atoms with Gasteiger partial charge in [0.2, 0.25) is 0 Å². The predicted molar refractivity (Wildman–Crippen MR) is 68.9 cm³/mol. The van der Waals surface area contributed by atoms with Gasteiger partial charge in [-0.3, -0.25) is 4.79 Å². The molecular weight excluding hydrogens is 325 g/mol. The van der Waals surface area contributed by atoms with Gasteiger partial charge in [0, 0.05) is 10.0 Å². The third kappa shape index (κ3) is 2.44. The Morgan fingerprint density at radius 2 is 1.89 bits per heavy atom. The van der Waals surface area contributed by atoms with Crippen molar-refractivity contribution < 1.29 is 13.6 Å². The van der Waals surface area contributed by atoms with E-state index in [-0.39, 0.29) is 11.1 Å². The van der Waals surface area contributed by atoms with Crippen LogP contribution in [0.3, 0.4) is 0 Å². The molecule has 0 heterocycles. The lowest BCUT2D eigenvalue weighted by Gasteiger charge is -2.04. The van der Waals surface area contributed by atoms with E-state index in [1.54, 1.807) is 6.07 Å². The van der Waals surface area contributed by atoms with Gasteiger partial charge in [0.25, 0.3) is 0 Å². The van der Waals surface area contributed by atoms with Gasteiger partial charge in [-0.25, -0.2) is 8.78 Å². The summed E-state index contributed by atoms with van der Waals surface area (Å²) in [5.74, 6) is -2.81. The fraction of sp³-hybridized carbons (Fsp3) is 0. The van der Waals surface area contributed by atoms with Crippen LogP contribution in [0.15, 0.2) is 40.9 Å². The summed E-state index contributed by atoms with van der Waals surface area (Å²) in [5.41, 5.74) is -0.110. The van der Waals surface area contributed by atoms with Crippen molar-refractivity contribution in [3.8, 4) is 0 Å². The Kier molecular flexibility index (Phi) is 3.78. The Hall–Kier alpha value is -1.26. The molecule has 0 fully saturated rings. The molecule has 0 bridgehead atoms. The number of carbonyl (C=O) groups excluding carboxylic acids is 1. The molecule has 0 radical (unpaired) electrons. The van der Waals surface area contributed by atoms with E-state index in [0.29, 0.717) is 9.50 Å². The Balaban J connectivity index is 2.48. The topological polar surface area (TPSA) is 17.1 Å². The van der Waals surface area contributed by atoms with Crippen LogP contribution < -0.4 is 0 Å². The molecule has 0 saturated heterocycles. The van der Waals surface area contributed by atoms with Crippen molar-refractivity contribution in [2.75, 3.05) is 0 Å². The Morgan fingerprint density at radius 1 is 1.17 bits per heavy atom. The average molecular weight is 332 g/mol. The second-order valence-corrected chi connectivity index (χ2v) is 4.82. The first-order valence-corrected chi connectivity index (χ1v) is 6.11. The van der Waals surface area contributed by atoms with Gasteiger partial charge < -0.3 is 0 Å². The number of halogens is 4. The highest BCUT2D eigenvalue weighted by Gasteiger charge is 2.17. The van der Waals surface area contributed by atoms with Crippen molar-refractivity contribution in [1.82, 2.24) is 0 Å². The molecule has 92 valence electrons. The van der Waals surface area contributed by atoms with Crippen LogP contribution in [0, 0.1) is 11.6 Å². The van der Waals surface area contributed by atoms with E-state index in [9.17, 15) is 13.6 Å². The van der Waals surface area contributed by atoms with Crippen LogP contribution in [0.5, 0.6) is 0 Å². The van der Waals surface area contributed by atoms with Crippen LogP contribution in [-0.2, 0) is 0 Å². The average Bonchev–Trinajstić information content (AvgIpc) is 2.35. The largest absolute Gasteiger partial charge is 0.288 e. The minimum atomic E-state index is -1.15. The summed E-state index contributed by atoms with van der Waals surface area (Å²) >= 11 is 9.03. The molecule has 0 aliphatic carbocycles. The molecule has 0 N–H and O–H groups in total. The van der Waals surface area contributed by atoms with Crippen molar-refractivity contribution in [2.45, 2.75) is 0 Å². The van der Waals surface area contributed by atoms with E-state index in [2.05, 4.69) is 15.9 Å². The second kappa shape index (κ2) is 5.16. The van der Waals surface area contributed by atoms with E-state index in [1.807, 2.05) is 0 Å². The van der Waals surface area contributed by atoms with E-state index in [4.69, 9.17) is 11.6 Å². The number of hydrogen-bond donors (Lipinski definition) is 0. The summed E-state index contributed by atoms with van der Waals surface area (Å²) in [5, 5.41) is 0.331. The molecule has 0 aromatic heterocycles. The number of rotatable bonds is 2. The molecule has 0 unspecified atom stereocenters. The van der Waals surface area contributed by atoms with Crippen molar-refractivity contribution in [1.29, 1.82) is 0 Å². The van der Waals surface area contributed by atoms with Crippen LogP contribution >= 0.6 is 27.5 Å². The maximum atomic E-state index is 13.5. The van der Waals surface area contributed by atoms with Crippen LogP contribution in [0.1, 0.15) is 15.9 Å². The fourth-order valence-corrected chi connectivity index (χ4v) is 1.90. The zero-order chi connectivity index (χ0) is 13.3. The summed E-state index contributed by atoms with van der Waals surface area (Å²) in [7, 11) is 0. The minimum Gasteiger partial charge on any atom is -0.288 e. The third-order valence-electron chi connectivity index (χ3n) is 2.38. The molecule has 1 nitrogen and oxygen atoms in total. The summed E-state index contributed by atoms with van der Waals surface area (Å²) in [6, 6.07) is 7.94. The SMILES string of the molecule is O=C(c1ccc(Br)c(Cl)c1)c1cccc(F)c1F. The van der Waals surface area contributed by atoms with Crippen molar-refractivity contribution in [3.63, 3.8) is 0 Å². The van der Waals surface area contributed by atoms with Crippen LogP contribution in [0.25, 0.3) is 0 Å². The van der Waals surface area contributed by atoms with Gasteiger partial charge in [0.15, 0.2) is 17.4 Å². The summed E-state index contributed by atoms with van der Waals surface area (Å²) in [6.07, 6.45) is 0. The molecule has 18 heavy (non-hydrogen) atoms. The lowest BCUT2D eigenvalue weighted by molar-refractivity contribution is 0.103. The van der Waals surface area contributed by atoms with Crippen molar-refractivity contribution in [3.05, 3.63) is 68.7 Å². The zero-order valence-corrected chi connectivity index (χ0v) is 11.2. The lowest BCUT2D eigenvalue weighted by atomic mass is 10.0. The number of carbonyl (C=O) groups is 1. The highest BCUT2D eigenvalue weighted by atomic mass is 79.9. The van der Waals surface area contributed by atoms with Gasteiger partial charge in [-0.1, -0.05) is 17.7 Å². The summed E-state index contributed by atoms with van der Waals surface area (Å²) in [4.78, 5) is 12.0. The lowest BCUT2D eigenvalue weighted by Crippen LogP contribution is -2.05. The van der Waals surface area contributed by atoms with Crippen LogP contribution in [0.4, 0.5) is 8.78 Å². The summed E-state index contributed by atoms with van der Waals surface area (Å²) < 4.78 is 27.1. The Morgan fingerprint density at radius 3 is 2.56 bits per heavy atom. The zero-order valence-electron chi connectivity index (χ0n) is 8.88. The molecule has 0 amide bonds. The normalized spacial score (nSPS) is 10.4. The monoisotopic (exact) mass is 330 g/mol. The van der Waals surface area contributed by atoms with E-state index in [0.717, 1.165) is 6.07 Å². The van der Waals surface area contributed by atoms with Crippen LogP contribution in [-0.4, -0.2) is 5.78 Å².